The highest BCUT2D eigenvalue weighted by molar-refractivity contribution is 7.92. The molecule has 2 rings (SSSR count). The molecule has 0 unspecified atom stereocenters. The van der Waals surface area contributed by atoms with Gasteiger partial charge < -0.3 is 4.74 Å². The number of carbonyl (C=O) groups excluding carboxylic acids is 1. The van der Waals surface area contributed by atoms with Crippen molar-refractivity contribution < 1.29 is 17.9 Å². The highest BCUT2D eigenvalue weighted by Crippen LogP contribution is 2.21. The van der Waals surface area contributed by atoms with E-state index >= 15 is 0 Å². The standard InChI is InChI=1S/C18H27N3O4S/c1-25-17-12-10-16(11-13-17)21(26(2,23)24)14-18(22)20-19-15-8-6-4-3-5-7-9-15/h10-13H,3-9,14H2,1-2H3,(H,20,22). The summed E-state index contributed by atoms with van der Waals surface area (Å²) < 4.78 is 30.3. The van der Waals surface area contributed by atoms with E-state index in [2.05, 4.69) is 10.5 Å². The smallest absolute Gasteiger partial charge is 0.260 e. The van der Waals surface area contributed by atoms with Gasteiger partial charge in [0.2, 0.25) is 10.0 Å². The molecule has 1 aliphatic carbocycles. The van der Waals surface area contributed by atoms with Crippen molar-refractivity contribution in [3.63, 3.8) is 0 Å². The SMILES string of the molecule is COc1ccc(N(CC(=O)NN=C2CCCCCCC2)S(C)(=O)=O)cc1. The summed E-state index contributed by atoms with van der Waals surface area (Å²) in [5, 5.41) is 4.22. The number of anilines is 1. The Bertz CT molecular complexity index is 719. The first-order chi connectivity index (χ1) is 12.4. The molecule has 1 aromatic carbocycles. The van der Waals surface area contributed by atoms with E-state index in [0.29, 0.717) is 11.4 Å². The Morgan fingerprint density at radius 1 is 1.12 bits per heavy atom. The molecule has 26 heavy (non-hydrogen) atoms. The van der Waals surface area contributed by atoms with E-state index in [-0.39, 0.29) is 6.54 Å². The van der Waals surface area contributed by atoms with Gasteiger partial charge in [-0.05, 0) is 49.9 Å². The van der Waals surface area contributed by atoms with E-state index < -0.39 is 15.9 Å². The van der Waals surface area contributed by atoms with Gasteiger partial charge in [-0.3, -0.25) is 9.10 Å². The number of nitrogens with zero attached hydrogens (tertiary/aromatic N) is 2. The molecule has 8 heteroatoms. The average molecular weight is 381 g/mol. The number of hydrogen-bond donors (Lipinski definition) is 1. The Labute approximate surface area is 155 Å². The van der Waals surface area contributed by atoms with Crippen LogP contribution >= 0.6 is 0 Å². The fourth-order valence-electron chi connectivity index (χ4n) is 2.88. The third kappa shape index (κ3) is 6.33. The third-order valence-electron chi connectivity index (χ3n) is 4.32. The predicted octanol–water partition coefficient (Wildman–Crippen LogP) is 2.68. The molecule has 0 atom stereocenters. The number of hydrazone groups is 1. The number of sulfonamides is 1. The maximum Gasteiger partial charge on any atom is 0.260 e. The first-order valence-corrected chi connectivity index (χ1v) is 10.7. The van der Waals surface area contributed by atoms with Crippen LogP contribution in [0.2, 0.25) is 0 Å². The first kappa shape index (κ1) is 20.2. The van der Waals surface area contributed by atoms with Crippen molar-refractivity contribution in [1.29, 1.82) is 0 Å². The minimum atomic E-state index is -3.60. The number of nitrogens with one attached hydrogen (secondary N) is 1. The zero-order chi connectivity index (χ0) is 19.0. The molecule has 0 aromatic heterocycles. The van der Waals surface area contributed by atoms with Crippen LogP contribution in [0.25, 0.3) is 0 Å². The van der Waals surface area contributed by atoms with Crippen LogP contribution in [0.4, 0.5) is 5.69 Å². The van der Waals surface area contributed by atoms with Gasteiger partial charge in [-0.1, -0.05) is 19.3 Å². The van der Waals surface area contributed by atoms with Gasteiger partial charge in [0, 0.05) is 5.71 Å². The molecular weight excluding hydrogens is 354 g/mol. The Kier molecular flexibility index (Phi) is 7.44. The van der Waals surface area contributed by atoms with Crippen molar-refractivity contribution >= 4 is 27.3 Å². The van der Waals surface area contributed by atoms with Crippen molar-refractivity contribution in [3.8, 4) is 5.75 Å². The number of benzene rings is 1. The molecule has 1 amide bonds. The van der Waals surface area contributed by atoms with Gasteiger partial charge >= 0.3 is 0 Å². The predicted molar refractivity (Wildman–Crippen MR) is 103 cm³/mol. The summed E-state index contributed by atoms with van der Waals surface area (Å²) in [6, 6.07) is 6.52. The molecule has 0 radical (unpaired) electrons. The van der Waals surface area contributed by atoms with Crippen LogP contribution in [0.3, 0.4) is 0 Å². The molecule has 0 aliphatic heterocycles. The summed E-state index contributed by atoms with van der Waals surface area (Å²) in [7, 11) is -2.07. The van der Waals surface area contributed by atoms with Crippen molar-refractivity contribution in [2.75, 3.05) is 24.2 Å². The van der Waals surface area contributed by atoms with Gasteiger partial charge in [0.15, 0.2) is 0 Å². The van der Waals surface area contributed by atoms with Gasteiger partial charge in [-0.25, -0.2) is 13.8 Å². The van der Waals surface area contributed by atoms with E-state index in [0.717, 1.165) is 42.0 Å². The van der Waals surface area contributed by atoms with Gasteiger partial charge in [-0.2, -0.15) is 5.10 Å². The molecule has 144 valence electrons. The molecule has 0 saturated heterocycles. The second-order valence-corrected chi connectivity index (χ2v) is 8.36. The number of rotatable bonds is 6. The van der Waals surface area contributed by atoms with Crippen LogP contribution in [0.15, 0.2) is 29.4 Å². The molecule has 1 fully saturated rings. The zero-order valence-corrected chi connectivity index (χ0v) is 16.2. The summed E-state index contributed by atoms with van der Waals surface area (Å²) in [5.74, 6) is 0.156. The highest BCUT2D eigenvalue weighted by Gasteiger charge is 2.21. The lowest BCUT2D eigenvalue weighted by Gasteiger charge is -2.21. The van der Waals surface area contributed by atoms with E-state index in [1.165, 1.54) is 26.4 Å². The number of carbonyl (C=O) groups is 1. The lowest BCUT2D eigenvalue weighted by molar-refractivity contribution is -0.119. The fraction of sp³-hybridized carbons (Fsp3) is 0.556. The molecule has 1 aliphatic rings. The Balaban J connectivity index is 2.04. The van der Waals surface area contributed by atoms with E-state index in [9.17, 15) is 13.2 Å². The maximum absolute atomic E-state index is 12.2. The van der Waals surface area contributed by atoms with Crippen molar-refractivity contribution in [2.24, 2.45) is 5.10 Å². The molecule has 0 heterocycles. The lowest BCUT2D eigenvalue weighted by Crippen LogP contribution is -2.39. The fourth-order valence-corrected chi connectivity index (χ4v) is 3.74. The summed E-state index contributed by atoms with van der Waals surface area (Å²) in [4.78, 5) is 12.2. The third-order valence-corrected chi connectivity index (χ3v) is 5.46. The number of hydrogen-bond acceptors (Lipinski definition) is 5. The summed E-state index contributed by atoms with van der Waals surface area (Å²) >= 11 is 0. The summed E-state index contributed by atoms with van der Waals surface area (Å²) in [6.45, 7) is -0.318. The molecular formula is C18H27N3O4S. The van der Waals surface area contributed by atoms with Crippen LogP contribution in [-0.2, 0) is 14.8 Å². The Morgan fingerprint density at radius 2 is 1.69 bits per heavy atom. The number of methoxy groups -OCH3 is 1. The molecule has 0 spiro atoms. The maximum atomic E-state index is 12.2. The van der Waals surface area contributed by atoms with Crippen LogP contribution in [0, 0.1) is 0 Å². The molecule has 1 saturated carbocycles. The first-order valence-electron chi connectivity index (χ1n) is 8.86. The van der Waals surface area contributed by atoms with Crippen LogP contribution < -0.4 is 14.5 Å². The largest absolute Gasteiger partial charge is 0.497 e. The van der Waals surface area contributed by atoms with Crippen molar-refractivity contribution in [2.45, 2.75) is 44.9 Å². The molecule has 1 aromatic rings. The van der Waals surface area contributed by atoms with Gasteiger partial charge in [-0.15, -0.1) is 0 Å². The Morgan fingerprint density at radius 3 is 2.23 bits per heavy atom. The number of ether oxygens (including phenoxy) is 1. The molecule has 7 nitrogen and oxygen atoms in total. The quantitative estimate of drug-likeness (QED) is 0.768. The minimum Gasteiger partial charge on any atom is -0.497 e. The lowest BCUT2D eigenvalue weighted by atomic mass is 9.99. The van der Waals surface area contributed by atoms with Crippen molar-refractivity contribution in [1.82, 2.24) is 5.43 Å². The molecule has 1 N–H and O–H groups in total. The minimum absolute atomic E-state index is 0.318. The van der Waals surface area contributed by atoms with Gasteiger partial charge in [0.05, 0.1) is 19.1 Å². The monoisotopic (exact) mass is 381 g/mol. The number of amides is 1. The van der Waals surface area contributed by atoms with E-state index in [4.69, 9.17) is 4.74 Å². The summed E-state index contributed by atoms with van der Waals surface area (Å²) in [6.07, 6.45) is 8.63. The Hall–Kier alpha value is -2.09. The topological polar surface area (TPSA) is 88.1 Å². The van der Waals surface area contributed by atoms with E-state index in [1.54, 1.807) is 24.3 Å². The van der Waals surface area contributed by atoms with Crippen LogP contribution in [0.1, 0.15) is 44.9 Å². The van der Waals surface area contributed by atoms with Crippen LogP contribution in [0.5, 0.6) is 5.75 Å². The van der Waals surface area contributed by atoms with E-state index in [1.807, 2.05) is 0 Å². The zero-order valence-electron chi connectivity index (χ0n) is 15.4. The van der Waals surface area contributed by atoms with Gasteiger partial charge in [0.1, 0.15) is 12.3 Å². The van der Waals surface area contributed by atoms with Crippen LogP contribution in [-0.4, -0.2) is 39.9 Å². The summed E-state index contributed by atoms with van der Waals surface area (Å²) in [5.41, 5.74) is 3.90. The van der Waals surface area contributed by atoms with Crippen molar-refractivity contribution in [3.05, 3.63) is 24.3 Å². The second-order valence-electron chi connectivity index (χ2n) is 6.45. The normalized spacial score (nSPS) is 15.5. The average Bonchev–Trinajstić information content (AvgIpc) is 2.58. The second kappa shape index (κ2) is 9.56. The molecule has 0 bridgehead atoms. The highest BCUT2D eigenvalue weighted by atomic mass is 32.2. The van der Waals surface area contributed by atoms with Gasteiger partial charge in [0.25, 0.3) is 5.91 Å².